The van der Waals surface area contributed by atoms with Crippen LogP contribution in [0.15, 0.2) is 84.9 Å². The summed E-state index contributed by atoms with van der Waals surface area (Å²) in [6.45, 7) is 3.33. The topological polar surface area (TPSA) is 176 Å². The molecule has 0 bridgehead atoms. The first-order valence-corrected chi connectivity index (χ1v) is 13.0. The van der Waals surface area contributed by atoms with Crippen LogP contribution in [0.25, 0.3) is 0 Å². The van der Waals surface area contributed by atoms with Gasteiger partial charge in [-0.25, -0.2) is 9.59 Å². The smallest absolute Gasteiger partial charge is 0.872 e. The van der Waals surface area contributed by atoms with Crippen molar-refractivity contribution < 1.29 is 77.9 Å². The zero-order valence-electron chi connectivity index (χ0n) is 24.9. The van der Waals surface area contributed by atoms with Gasteiger partial charge in [0.2, 0.25) is 12.6 Å². The molecule has 4 aromatic carbocycles. The molecule has 0 aliphatic heterocycles. The fourth-order valence-corrected chi connectivity index (χ4v) is 3.63. The molecule has 4 rings (SSSR count). The van der Waals surface area contributed by atoms with Gasteiger partial charge in [-0.2, -0.15) is 0 Å². The number of carbonyl (C=O) groups is 2. The van der Waals surface area contributed by atoms with E-state index >= 15 is 0 Å². The maximum atomic E-state index is 11.6. The van der Waals surface area contributed by atoms with Crippen molar-refractivity contribution in [3.63, 3.8) is 0 Å². The Morgan fingerprint density at radius 3 is 1.07 bits per heavy atom. The van der Waals surface area contributed by atoms with E-state index in [1.807, 2.05) is 0 Å². The zero-order valence-corrected chi connectivity index (χ0v) is 27.9. The van der Waals surface area contributed by atoms with Crippen molar-refractivity contribution in [1.82, 2.24) is 0 Å². The summed E-state index contributed by atoms with van der Waals surface area (Å²) in [6, 6.07) is 21.4. The average Bonchev–Trinajstić information content (AvgIpc) is 2.98. The zero-order chi connectivity index (χ0) is 32.2. The largest absolute Gasteiger partial charge is 2.00 e. The predicted molar refractivity (Wildman–Crippen MR) is 153 cm³/mol. The van der Waals surface area contributed by atoms with Crippen molar-refractivity contribution in [1.29, 1.82) is 0 Å². The third kappa shape index (κ3) is 11.1. The van der Waals surface area contributed by atoms with Crippen molar-refractivity contribution in [2.24, 2.45) is 0 Å². The van der Waals surface area contributed by atoms with Crippen LogP contribution in [0.1, 0.15) is 34.6 Å². The maximum absolute atomic E-state index is 11.6. The minimum atomic E-state index is -1.26. The van der Waals surface area contributed by atoms with Gasteiger partial charge in [-0.1, -0.05) is 11.5 Å². The molecule has 0 saturated carbocycles. The van der Waals surface area contributed by atoms with Gasteiger partial charge in [0.1, 0.15) is 34.5 Å². The third-order valence-corrected chi connectivity index (χ3v) is 5.69. The van der Waals surface area contributed by atoms with Crippen molar-refractivity contribution in [2.75, 3.05) is 14.2 Å². The molecule has 2 N–H and O–H groups in total. The quantitative estimate of drug-likeness (QED) is 0.159. The van der Waals surface area contributed by atoms with Crippen LogP contribution in [0.5, 0.6) is 46.0 Å². The van der Waals surface area contributed by atoms with E-state index in [4.69, 9.17) is 38.6 Å². The summed E-state index contributed by atoms with van der Waals surface area (Å²) in [5.41, 5.74) is -0.591. The van der Waals surface area contributed by atoms with E-state index in [0.29, 0.717) is 23.0 Å². The van der Waals surface area contributed by atoms with E-state index in [9.17, 15) is 19.8 Å². The fraction of sp³-hybridized carbons (Fsp3) is 0.188. The first kappa shape index (κ1) is 36.0. The van der Waals surface area contributed by atoms with Gasteiger partial charge in [0, 0.05) is 13.8 Å². The molecule has 2 atom stereocenters. The van der Waals surface area contributed by atoms with Gasteiger partial charge in [-0.05, 0) is 84.9 Å². The molecule has 0 fully saturated rings. The molecule has 0 heterocycles. The van der Waals surface area contributed by atoms with Gasteiger partial charge in [-0.15, -0.1) is 0 Å². The molecule has 0 spiro atoms. The predicted octanol–water partition coefficient (Wildman–Crippen LogP) is 4.54. The van der Waals surface area contributed by atoms with E-state index in [2.05, 4.69) is 0 Å². The van der Waals surface area contributed by atoms with Crippen LogP contribution in [0.3, 0.4) is 0 Å². The Balaban J connectivity index is 0.000000307. The second kappa shape index (κ2) is 17.2. The van der Waals surface area contributed by atoms with Gasteiger partial charge in [0.25, 0.3) is 0 Å². The number of hydrogen-bond donors (Lipinski definition) is 2. The Labute approximate surface area is 272 Å². The van der Waals surface area contributed by atoms with Gasteiger partial charge in [0.15, 0.2) is 0 Å². The van der Waals surface area contributed by atoms with Crippen molar-refractivity contribution >= 4 is 11.9 Å². The van der Waals surface area contributed by atoms with Gasteiger partial charge >= 0.3 is 31.4 Å². The summed E-state index contributed by atoms with van der Waals surface area (Å²) >= 11 is 0. The Bertz CT molecular complexity index is 1420. The summed E-state index contributed by atoms with van der Waals surface area (Å²) < 4.78 is 32.1. The number of hydrogen-bond acceptors (Lipinski definition) is 10. The van der Waals surface area contributed by atoms with Crippen LogP contribution in [-0.2, 0) is 19.5 Å². The molecule has 0 aromatic heterocycles. The number of carboxylic acids is 2. The molecular weight excluding hydrogens is 642 g/mol. The van der Waals surface area contributed by atoms with Crippen molar-refractivity contribution in [2.45, 2.75) is 26.4 Å². The number of carboxylic acid groups (broad SMARTS) is 2. The number of ether oxygens (including phenoxy) is 6. The Hall–Kier alpha value is -5.16. The summed E-state index contributed by atoms with van der Waals surface area (Å²) in [4.78, 5) is 21.5. The number of benzene rings is 4. The van der Waals surface area contributed by atoms with E-state index in [1.54, 1.807) is 76.6 Å². The van der Waals surface area contributed by atoms with E-state index < -0.39 is 36.0 Å². The Morgan fingerprint density at radius 2 is 0.800 bits per heavy atom. The van der Waals surface area contributed by atoms with Gasteiger partial charge in [-0.3, -0.25) is 0 Å². The van der Waals surface area contributed by atoms with Crippen LogP contribution < -0.4 is 38.6 Å². The molecule has 12 nitrogen and oxygen atoms in total. The van der Waals surface area contributed by atoms with Gasteiger partial charge < -0.3 is 48.8 Å². The second-order valence-electron chi connectivity index (χ2n) is 8.88. The SMILES string of the molecule is COc1ccc(OC(C)Oc2ccc(C(=O)O)c([O-])c2)cc1.COc1ccc(OC(C)Oc2ccc(C(=O)O)c([O-])c2)cc1.[Zn+2]. The van der Waals surface area contributed by atoms with Crippen LogP contribution in [0.2, 0.25) is 0 Å². The van der Waals surface area contributed by atoms with E-state index in [1.165, 1.54) is 24.3 Å². The first-order valence-electron chi connectivity index (χ1n) is 13.0. The van der Waals surface area contributed by atoms with Crippen LogP contribution >= 0.6 is 0 Å². The summed E-state index contributed by atoms with van der Waals surface area (Å²) in [7, 11) is 3.14. The maximum Gasteiger partial charge on any atom is 2.00 e. The molecule has 232 valence electrons. The molecule has 0 aliphatic carbocycles. The fourth-order valence-electron chi connectivity index (χ4n) is 3.63. The summed E-state index contributed by atoms with van der Waals surface area (Å²) in [6.07, 6.45) is -1.30. The van der Waals surface area contributed by atoms with E-state index in [-0.39, 0.29) is 42.1 Å². The number of methoxy groups -OCH3 is 2. The minimum absolute atomic E-state index is 0. The summed E-state index contributed by atoms with van der Waals surface area (Å²) in [5.74, 6) is -0.675. The molecule has 13 heteroatoms. The first-order chi connectivity index (χ1) is 21.0. The molecular formula is C32H30O12Zn. The molecule has 45 heavy (non-hydrogen) atoms. The van der Waals surface area contributed by atoms with Crippen LogP contribution in [-0.4, -0.2) is 49.0 Å². The average molecular weight is 672 g/mol. The molecule has 0 radical (unpaired) electrons. The van der Waals surface area contributed by atoms with Crippen LogP contribution in [0.4, 0.5) is 0 Å². The standard InChI is InChI=1S/2C16H16O6.Zn/c2*1-10(21-12-5-3-11(20-2)4-6-12)22-13-7-8-14(16(18)19)15(17)9-13;/h2*3-10,17H,1-2H3,(H,18,19);/q;;+2/p-2. The summed E-state index contributed by atoms with van der Waals surface area (Å²) in [5, 5.41) is 40.8. The Morgan fingerprint density at radius 1 is 0.533 bits per heavy atom. The molecule has 4 aromatic rings. The third-order valence-electron chi connectivity index (χ3n) is 5.69. The van der Waals surface area contributed by atoms with Crippen LogP contribution in [0, 0.1) is 0 Å². The monoisotopic (exact) mass is 670 g/mol. The molecule has 0 saturated heterocycles. The van der Waals surface area contributed by atoms with E-state index in [0.717, 1.165) is 12.1 Å². The van der Waals surface area contributed by atoms with Crippen molar-refractivity contribution in [3.05, 3.63) is 96.1 Å². The normalized spacial score (nSPS) is 11.3. The molecule has 0 amide bonds. The number of aromatic carboxylic acids is 2. The van der Waals surface area contributed by atoms with Crippen molar-refractivity contribution in [3.8, 4) is 46.0 Å². The Kier molecular flexibility index (Phi) is 13.8. The minimum Gasteiger partial charge on any atom is -0.872 e. The molecule has 2 unspecified atom stereocenters. The van der Waals surface area contributed by atoms with Gasteiger partial charge in [0.05, 0.1) is 25.3 Å². The second-order valence-corrected chi connectivity index (χ2v) is 8.88. The number of rotatable bonds is 12. The molecule has 0 aliphatic rings.